The van der Waals surface area contributed by atoms with E-state index in [1.807, 2.05) is 7.05 Å². The van der Waals surface area contributed by atoms with Gasteiger partial charge in [-0.05, 0) is 44.5 Å². The first kappa shape index (κ1) is 17.1. The second-order valence-electron chi connectivity index (χ2n) is 5.55. The molecule has 1 unspecified atom stereocenters. The first-order chi connectivity index (χ1) is 10.4. The van der Waals surface area contributed by atoms with Crippen molar-refractivity contribution in [2.24, 2.45) is 5.92 Å². The highest BCUT2D eigenvalue weighted by molar-refractivity contribution is 7.89. The van der Waals surface area contributed by atoms with Crippen LogP contribution in [0.3, 0.4) is 0 Å². The van der Waals surface area contributed by atoms with Crippen LogP contribution in [0.2, 0.25) is 0 Å². The summed E-state index contributed by atoms with van der Waals surface area (Å²) in [5.41, 5.74) is 0.662. The molecular weight excluding hydrogens is 304 g/mol. The zero-order chi connectivity index (χ0) is 16.3. The van der Waals surface area contributed by atoms with Crippen molar-refractivity contribution >= 4 is 10.0 Å². The van der Waals surface area contributed by atoms with Crippen molar-refractivity contribution in [3.63, 3.8) is 0 Å². The van der Waals surface area contributed by atoms with Crippen molar-refractivity contribution < 1.29 is 17.9 Å². The molecule has 0 spiro atoms. The predicted octanol–water partition coefficient (Wildman–Crippen LogP) is 1.24. The minimum atomic E-state index is -3.51. The zero-order valence-corrected chi connectivity index (χ0v) is 14.4. The topological polar surface area (TPSA) is 67.9 Å². The number of aryl methyl sites for hydroxylation is 1. The fourth-order valence-electron chi connectivity index (χ4n) is 2.85. The minimum absolute atomic E-state index is 0.287. The molecular formula is C15H24N2O4S. The van der Waals surface area contributed by atoms with Crippen molar-refractivity contribution in [3.05, 3.63) is 17.7 Å². The molecule has 7 heteroatoms. The Morgan fingerprint density at radius 3 is 2.50 bits per heavy atom. The number of hydrogen-bond acceptors (Lipinski definition) is 5. The van der Waals surface area contributed by atoms with Gasteiger partial charge in [0.25, 0.3) is 0 Å². The molecule has 0 amide bonds. The third-order valence-electron chi connectivity index (χ3n) is 4.04. The van der Waals surface area contributed by atoms with Crippen molar-refractivity contribution in [1.29, 1.82) is 0 Å². The van der Waals surface area contributed by atoms with Crippen LogP contribution in [0, 0.1) is 12.8 Å². The van der Waals surface area contributed by atoms with Gasteiger partial charge in [-0.25, -0.2) is 8.42 Å². The maximum Gasteiger partial charge on any atom is 0.243 e. The minimum Gasteiger partial charge on any atom is -0.493 e. The van der Waals surface area contributed by atoms with Crippen molar-refractivity contribution in [2.75, 3.05) is 40.9 Å². The van der Waals surface area contributed by atoms with Gasteiger partial charge in [0.1, 0.15) is 0 Å². The van der Waals surface area contributed by atoms with Crippen LogP contribution in [0.1, 0.15) is 12.0 Å². The molecule has 1 atom stereocenters. The molecule has 1 heterocycles. The summed E-state index contributed by atoms with van der Waals surface area (Å²) in [7, 11) is 1.41. The van der Waals surface area contributed by atoms with Gasteiger partial charge in [-0.15, -0.1) is 0 Å². The molecule has 0 aromatic heterocycles. The standard InChI is InChI=1S/C15H24N2O4S/c1-11-7-13(20-3)14(21-4)8-15(11)22(18,19)17-6-5-12(10-17)9-16-2/h7-8,12,16H,5-6,9-10H2,1-4H3. The van der Waals surface area contributed by atoms with Crippen LogP contribution in [-0.4, -0.2) is 53.6 Å². The van der Waals surface area contributed by atoms with E-state index in [1.165, 1.54) is 14.2 Å². The molecule has 1 aliphatic heterocycles. The van der Waals surface area contributed by atoms with E-state index in [-0.39, 0.29) is 4.90 Å². The summed E-state index contributed by atoms with van der Waals surface area (Å²) in [6.07, 6.45) is 0.881. The number of nitrogens with one attached hydrogen (secondary N) is 1. The Balaban J connectivity index is 2.34. The summed E-state index contributed by atoms with van der Waals surface area (Å²) >= 11 is 0. The van der Waals surface area contributed by atoms with Crippen LogP contribution < -0.4 is 14.8 Å². The lowest BCUT2D eigenvalue weighted by atomic mass is 10.1. The van der Waals surface area contributed by atoms with Crippen molar-refractivity contribution in [2.45, 2.75) is 18.2 Å². The van der Waals surface area contributed by atoms with Crippen LogP contribution in [-0.2, 0) is 10.0 Å². The monoisotopic (exact) mass is 328 g/mol. The number of benzene rings is 1. The predicted molar refractivity (Wildman–Crippen MR) is 85.1 cm³/mol. The Morgan fingerprint density at radius 2 is 1.91 bits per heavy atom. The number of hydrogen-bond donors (Lipinski definition) is 1. The van der Waals surface area contributed by atoms with Gasteiger partial charge in [0.05, 0.1) is 19.1 Å². The number of methoxy groups -OCH3 is 2. The zero-order valence-electron chi connectivity index (χ0n) is 13.5. The van der Waals surface area contributed by atoms with E-state index in [0.29, 0.717) is 36.1 Å². The SMILES string of the molecule is CNCC1CCN(S(=O)(=O)c2cc(OC)c(OC)cc2C)C1. The molecule has 0 aliphatic carbocycles. The summed E-state index contributed by atoms with van der Waals surface area (Å²) < 4.78 is 37.8. The Bertz CT molecular complexity index is 631. The van der Waals surface area contributed by atoms with Gasteiger partial charge in [-0.1, -0.05) is 0 Å². The van der Waals surface area contributed by atoms with Gasteiger partial charge in [0, 0.05) is 19.2 Å². The number of ether oxygens (including phenoxy) is 2. The normalized spacial score (nSPS) is 19.4. The molecule has 0 bridgehead atoms. The highest BCUT2D eigenvalue weighted by Crippen LogP contribution is 2.34. The van der Waals surface area contributed by atoms with E-state index < -0.39 is 10.0 Å². The molecule has 2 rings (SSSR count). The molecule has 22 heavy (non-hydrogen) atoms. The Kier molecular flexibility index (Phi) is 5.31. The van der Waals surface area contributed by atoms with E-state index in [0.717, 1.165) is 13.0 Å². The van der Waals surface area contributed by atoms with E-state index in [9.17, 15) is 8.42 Å². The summed E-state index contributed by atoms with van der Waals surface area (Å²) in [6, 6.07) is 3.25. The van der Waals surface area contributed by atoms with Crippen LogP contribution in [0.15, 0.2) is 17.0 Å². The quantitative estimate of drug-likeness (QED) is 0.851. The highest BCUT2D eigenvalue weighted by Gasteiger charge is 2.33. The average molecular weight is 328 g/mol. The van der Waals surface area contributed by atoms with Gasteiger partial charge in [0.2, 0.25) is 10.0 Å². The lowest BCUT2D eigenvalue weighted by molar-refractivity contribution is 0.353. The molecule has 1 N–H and O–H groups in total. The summed E-state index contributed by atoms with van der Waals surface area (Å²) in [5.74, 6) is 1.33. The molecule has 6 nitrogen and oxygen atoms in total. The average Bonchev–Trinajstić information content (AvgIpc) is 2.96. The number of sulfonamides is 1. The summed E-state index contributed by atoms with van der Waals surface area (Å²) in [6.45, 7) is 3.71. The molecule has 1 fully saturated rings. The molecule has 0 saturated carbocycles. The van der Waals surface area contributed by atoms with E-state index in [2.05, 4.69) is 5.32 Å². The van der Waals surface area contributed by atoms with Gasteiger partial charge in [-0.3, -0.25) is 0 Å². The van der Waals surface area contributed by atoms with Gasteiger partial charge in [0.15, 0.2) is 11.5 Å². The second-order valence-corrected chi connectivity index (χ2v) is 7.45. The van der Waals surface area contributed by atoms with E-state index >= 15 is 0 Å². The molecule has 0 radical (unpaired) electrons. The van der Waals surface area contributed by atoms with Crippen LogP contribution in [0.25, 0.3) is 0 Å². The molecule has 124 valence electrons. The van der Waals surface area contributed by atoms with Gasteiger partial charge < -0.3 is 14.8 Å². The fourth-order valence-corrected chi connectivity index (χ4v) is 4.60. The Hall–Kier alpha value is -1.31. The van der Waals surface area contributed by atoms with Crippen LogP contribution in [0.5, 0.6) is 11.5 Å². The maximum atomic E-state index is 12.9. The third kappa shape index (κ3) is 3.21. The molecule has 1 saturated heterocycles. The second kappa shape index (κ2) is 6.85. The first-order valence-electron chi connectivity index (χ1n) is 7.31. The van der Waals surface area contributed by atoms with Gasteiger partial charge in [-0.2, -0.15) is 4.31 Å². The van der Waals surface area contributed by atoms with E-state index in [4.69, 9.17) is 9.47 Å². The van der Waals surface area contributed by atoms with Crippen molar-refractivity contribution in [1.82, 2.24) is 9.62 Å². The maximum absolute atomic E-state index is 12.9. The van der Waals surface area contributed by atoms with Crippen molar-refractivity contribution in [3.8, 4) is 11.5 Å². The smallest absolute Gasteiger partial charge is 0.243 e. The summed E-state index contributed by atoms with van der Waals surface area (Å²) in [4.78, 5) is 0.287. The lowest BCUT2D eigenvalue weighted by Gasteiger charge is -2.19. The number of rotatable bonds is 6. The van der Waals surface area contributed by atoms with Crippen LogP contribution in [0.4, 0.5) is 0 Å². The molecule has 1 aromatic rings. The molecule has 1 aromatic carbocycles. The van der Waals surface area contributed by atoms with Crippen LogP contribution >= 0.6 is 0 Å². The number of nitrogens with zero attached hydrogens (tertiary/aromatic N) is 1. The summed E-state index contributed by atoms with van der Waals surface area (Å²) in [5, 5.41) is 3.11. The van der Waals surface area contributed by atoms with E-state index in [1.54, 1.807) is 23.4 Å². The Labute approximate surface area is 132 Å². The first-order valence-corrected chi connectivity index (χ1v) is 8.75. The largest absolute Gasteiger partial charge is 0.493 e. The fraction of sp³-hybridized carbons (Fsp3) is 0.600. The lowest BCUT2D eigenvalue weighted by Crippen LogP contribution is -2.31. The Morgan fingerprint density at radius 1 is 1.27 bits per heavy atom. The highest BCUT2D eigenvalue weighted by atomic mass is 32.2. The third-order valence-corrected chi connectivity index (χ3v) is 6.05. The molecule has 1 aliphatic rings. The van der Waals surface area contributed by atoms with Gasteiger partial charge >= 0.3 is 0 Å².